The summed E-state index contributed by atoms with van der Waals surface area (Å²) in [5.74, 6) is 5.37. The highest BCUT2D eigenvalue weighted by Gasteiger charge is 1.98. The highest BCUT2D eigenvalue weighted by atomic mass is 35.5. The van der Waals surface area contributed by atoms with Crippen molar-refractivity contribution in [2.24, 2.45) is 5.84 Å². The topological polar surface area (TPSA) is 38.0 Å². The van der Waals surface area contributed by atoms with Gasteiger partial charge in [0.15, 0.2) is 0 Å². The summed E-state index contributed by atoms with van der Waals surface area (Å²) in [6, 6.07) is 11.6. The zero-order valence-corrected chi connectivity index (χ0v) is 7.68. The van der Waals surface area contributed by atoms with Gasteiger partial charge in [-0.3, -0.25) is 5.84 Å². The van der Waals surface area contributed by atoms with Gasteiger partial charge >= 0.3 is 0 Å². The van der Waals surface area contributed by atoms with Crippen LogP contribution in [0.4, 0.5) is 5.69 Å². The second-order valence-electron chi connectivity index (χ2n) is 2.82. The van der Waals surface area contributed by atoms with Crippen LogP contribution in [0.5, 0.6) is 0 Å². The summed E-state index contributed by atoms with van der Waals surface area (Å²) in [5, 5.41) is 2.90. The number of nitrogens with one attached hydrogen (secondary N) is 1. The lowest BCUT2D eigenvalue weighted by atomic mass is 10.1. The van der Waals surface area contributed by atoms with E-state index in [2.05, 4.69) is 5.43 Å². The molecule has 3 heteroatoms. The zero-order valence-electron chi connectivity index (χ0n) is 6.92. The second-order valence-corrected chi connectivity index (χ2v) is 3.25. The van der Waals surface area contributed by atoms with Crippen LogP contribution in [0.2, 0.25) is 5.02 Å². The molecule has 0 aliphatic rings. The first-order valence-corrected chi connectivity index (χ1v) is 4.34. The number of rotatable bonds is 1. The Morgan fingerprint density at radius 3 is 2.77 bits per heavy atom. The fourth-order valence-corrected chi connectivity index (χ4v) is 1.56. The Labute approximate surface area is 81.3 Å². The molecular weight excluding hydrogens is 184 g/mol. The molecule has 66 valence electrons. The number of benzene rings is 2. The molecule has 0 fully saturated rings. The van der Waals surface area contributed by atoms with E-state index in [1.54, 1.807) is 0 Å². The maximum absolute atomic E-state index is 5.86. The Hall–Kier alpha value is -1.25. The van der Waals surface area contributed by atoms with Crippen molar-refractivity contribution >= 4 is 28.1 Å². The smallest absolute Gasteiger partial charge is 0.0563 e. The van der Waals surface area contributed by atoms with Crippen molar-refractivity contribution in [1.29, 1.82) is 0 Å². The van der Waals surface area contributed by atoms with Crippen molar-refractivity contribution in [1.82, 2.24) is 0 Å². The molecule has 3 N–H and O–H groups in total. The minimum absolute atomic E-state index is 0.738. The van der Waals surface area contributed by atoms with Gasteiger partial charge in [-0.05, 0) is 23.6 Å². The van der Waals surface area contributed by atoms with Crippen LogP contribution < -0.4 is 11.3 Å². The number of hydrogen-bond acceptors (Lipinski definition) is 2. The van der Waals surface area contributed by atoms with E-state index < -0.39 is 0 Å². The normalized spacial score (nSPS) is 10.3. The third-order valence-corrected chi connectivity index (χ3v) is 2.23. The van der Waals surface area contributed by atoms with E-state index in [9.17, 15) is 0 Å². The number of fused-ring (bicyclic) bond motifs is 1. The van der Waals surface area contributed by atoms with Gasteiger partial charge in [-0.1, -0.05) is 29.8 Å². The van der Waals surface area contributed by atoms with Crippen LogP contribution in [0.15, 0.2) is 36.4 Å². The molecule has 2 aromatic carbocycles. The fraction of sp³-hybridized carbons (Fsp3) is 0. The van der Waals surface area contributed by atoms with Gasteiger partial charge in [0.25, 0.3) is 0 Å². The maximum Gasteiger partial charge on any atom is 0.0563 e. The molecule has 2 aromatic rings. The monoisotopic (exact) mass is 192 g/mol. The van der Waals surface area contributed by atoms with Crippen molar-refractivity contribution in [3.05, 3.63) is 41.4 Å². The summed E-state index contributed by atoms with van der Waals surface area (Å²) in [7, 11) is 0. The van der Waals surface area contributed by atoms with E-state index in [1.165, 1.54) is 0 Å². The lowest BCUT2D eigenvalue weighted by molar-refractivity contribution is 1.37. The van der Waals surface area contributed by atoms with Crippen molar-refractivity contribution in [3.8, 4) is 0 Å². The number of nitrogen functional groups attached to an aromatic ring is 1. The molecule has 0 unspecified atom stereocenters. The van der Waals surface area contributed by atoms with Gasteiger partial charge in [0.2, 0.25) is 0 Å². The molecule has 0 aromatic heterocycles. The van der Waals surface area contributed by atoms with Crippen molar-refractivity contribution in [2.75, 3.05) is 5.43 Å². The van der Waals surface area contributed by atoms with E-state index in [0.29, 0.717) is 0 Å². The molecule has 0 aliphatic heterocycles. The summed E-state index contributed by atoms with van der Waals surface area (Å²) < 4.78 is 0. The minimum atomic E-state index is 0.738. The highest BCUT2D eigenvalue weighted by molar-refractivity contribution is 6.31. The number of nitrogens with two attached hydrogens (primary N) is 1. The molecule has 0 bridgehead atoms. The molecule has 0 spiro atoms. The fourth-order valence-electron chi connectivity index (χ4n) is 1.38. The van der Waals surface area contributed by atoms with Gasteiger partial charge in [0.1, 0.15) is 0 Å². The summed E-state index contributed by atoms with van der Waals surface area (Å²) >= 11 is 5.86. The molecule has 0 aliphatic carbocycles. The third-order valence-electron chi connectivity index (χ3n) is 2.00. The average Bonchev–Trinajstić information content (AvgIpc) is 2.16. The molecule has 0 saturated carbocycles. The highest BCUT2D eigenvalue weighted by Crippen LogP contribution is 2.25. The van der Waals surface area contributed by atoms with Crippen LogP contribution in [-0.2, 0) is 0 Å². The standard InChI is InChI=1S/C10H9ClN2/c11-8-4-5-9-7(6-8)2-1-3-10(9)13-12/h1-6,13H,12H2. The molecule has 0 radical (unpaired) electrons. The zero-order chi connectivity index (χ0) is 9.26. The predicted octanol–water partition coefficient (Wildman–Crippen LogP) is 2.78. The SMILES string of the molecule is NNc1cccc2cc(Cl)ccc12. The van der Waals surface area contributed by atoms with Gasteiger partial charge < -0.3 is 5.43 Å². The lowest BCUT2D eigenvalue weighted by Gasteiger charge is -2.04. The third kappa shape index (κ3) is 1.46. The van der Waals surface area contributed by atoms with Crippen LogP contribution in [0.3, 0.4) is 0 Å². The number of halogens is 1. The molecule has 0 atom stereocenters. The minimum Gasteiger partial charge on any atom is -0.324 e. The summed E-state index contributed by atoms with van der Waals surface area (Å²) in [5.41, 5.74) is 3.56. The van der Waals surface area contributed by atoms with E-state index in [-0.39, 0.29) is 0 Å². The Morgan fingerprint density at radius 1 is 1.15 bits per heavy atom. The molecule has 0 amide bonds. The van der Waals surface area contributed by atoms with E-state index in [1.807, 2.05) is 36.4 Å². The quantitative estimate of drug-likeness (QED) is 0.539. The molecule has 0 saturated heterocycles. The Bertz CT molecular complexity index is 440. The molecular formula is C10H9ClN2. The molecule has 0 heterocycles. The van der Waals surface area contributed by atoms with Gasteiger partial charge in [-0.15, -0.1) is 0 Å². The molecule has 13 heavy (non-hydrogen) atoms. The Kier molecular flexibility index (Phi) is 2.08. The van der Waals surface area contributed by atoms with Crippen molar-refractivity contribution < 1.29 is 0 Å². The van der Waals surface area contributed by atoms with Crippen LogP contribution in [-0.4, -0.2) is 0 Å². The summed E-state index contributed by atoms with van der Waals surface area (Å²) in [4.78, 5) is 0. The first-order valence-electron chi connectivity index (χ1n) is 3.96. The molecule has 2 nitrogen and oxygen atoms in total. The van der Waals surface area contributed by atoms with E-state index in [4.69, 9.17) is 17.4 Å². The summed E-state index contributed by atoms with van der Waals surface area (Å²) in [6.07, 6.45) is 0. The van der Waals surface area contributed by atoms with Crippen molar-refractivity contribution in [3.63, 3.8) is 0 Å². The average molecular weight is 193 g/mol. The predicted molar refractivity (Wildman–Crippen MR) is 56.8 cm³/mol. The summed E-state index contributed by atoms with van der Waals surface area (Å²) in [6.45, 7) is 0. The molecule has 2 rings (SSSR count). The van der Waals surface area contributed by atoms with Gasteiger partial charge in [0, 0.05) is 10.4 Å². The van der Waals surface area contributed by atoms with E-state index >= 15 is 0 Å². The van der Waals surface area contributed by atoms with Crippen LogP contribution >= 0.6 is 11.6 Å². The van der Waals surface area contributed by atoms with E-state index in [0.717, 1.165) is 21.5 Å². The van der Waals surface area contributed by atoms with Gasteiger partial charge in [-0.25, -0.2) is 0 Å². The van der Waals surface area contributed by atoms with Gasteiger partial charge in [0.05, 0.1) is 5.69 Å². The first-order chi connectivity index (χ1) is 6.31. The van der Waals surface area contributed by atoms with Crippen molar-refractivity contribution in [2.45, 2.75) is 0 Å². The van der Waals surface area contributed by atoms with Crippen LogP contribution in [0.25, 0.3) is 10.8 Å². The Morgan fingerprint density at radius 2 is 2.00 bits per heavy atom. The van der Waals surface area contributed by atoms with Gasteiger partial charge in [-0.2, -0.15) is 0 Å². The lowest BCUT2D eigenvalue weighted by Crippen LogP contribution is -2.06. The van der Waals surface area contributed by atoms with Crippen LogP contribution in [0, 0.1) is 0 Å². The maximum atomic E-state index is 5.86. The number of anilines is 1. The van der Waals surface area contributed by atoms with Crippen LogP contribution in [0.1, 0.15) is 0 Å². The first kappa shape index (κ1) is 8.35. The Balaban J connectivity index is 2.77. The largest absolute Gasteiger partial charge is 0.324 e. The number of hydrogen-bond donors (Lipinski definition) is 2. The second kappa shape index (κ2) is 3.24. The number of hydrazine groups is 1.